The van der Waals surface area contributed by atoms with Gasteiger partial charge >= 0.3 is 0 Å². The van der Waals surface area contributed by atoms with Gasteiger partial charge in [0.2, 0.25) is 0 Å². The van der Waals surface area contributed by atoms with Gasteiger partial charge in [-0.3, -0.25) is 0 Å². The van der Waals surface area contributed by atoms with Crippen molar-refractivity contribution in [1.82, 2.24) is 6.15 Å². The molecule has 0 rings (SSSR count). The molecule has 0 saturated carbocycles. The van der Waals surface area contributed by atoms with Gasteiger partial charge in [-0.15, -0.1) is 0 Å². The Morgan fingerprint density at radius 3 is 1.50 bits per heavy atom. The molecule has 0 aliphatic rings. The maximum atomic E-state index is 2.17. The van der Waals surface area contributed by atoms with Crippen LogP contribution < -0.4 is 6.15 Å². The van der Waals surface area contributed by atoms with Crippen LogP contribution in [0.4, 0.5) is 0 Å². The van der Waals surface area contributed by atoms with E-state index in [0.717, 1.165) is 0 Å². The molecule has 1 nitrogen and oxygen atoms in total. The van der Waals surface area contributed by atoms with Crippen molar-refractivity contribution in [3.63, 3.8) is 0 Å². The van der Waals surface area contributed by atoms with Gasteiger partial charge in [0.1, 0.15) is 0 Å². The van der Waals surface area contributed by atoms with Crippen molar-refractivity contribution < 1.29 is 0 Å². The van der Waals surface area contributed by atoms with Gasteiger partial charge in [-0.25, -0.2) is 0 Å². The summed E-state index contributed by atoms with van der Waals surface area (Å²) in [5.41, 5.74) is 0. The van der Waals surface area contributed by atoms with Gasteiger partial charge in [0.15, 0.2) is 0 Å². The summed E-state index contributed by atoms with van der Waals surface area (Å²) >= 11 is 1.96. The van der Waals surface area contributed by atoms with Crippen LogP contribution in [0.3, 0.4) is 0 Å². The first-order valence-electron chi connectivity index (χ1n) is 1.99. The highest BCUT2D eigenvalue weighted by molar-refractivity contribution is 7.99. The molecule has 0 bridgehead atoms. The average Bonchev–Trinajstić information content (AvgIpc) is 1.41. The van der Waals surface area contributed by atoms with Gasteiger partial charge in [-0.2, -0.15) is 11.8 Å². The average molecular weight is 107 g/mol. The molecule has 0 aliphatic heterocycles. The van der Waals surface area contributed by atoms with Crippen molar-refractivity contribution in [1.29, 1.82) is 0 Å². The van der Waals surface area contributed by atoms with E-state index in [9.17, 15) is 0 Å². The zero-order chi connectivity index (χ0) is 4.12. The van der Waals surface area contributed by atoms with Crippen molar-refractivity contribution in [2.45, 2.75) is 13.8 Å². The molecule has 40 valence electrons. The highest BCUT2D eigenvalue weighted by Crippen LogP contribution is 1.93. The summed E-state index contributed by atoms with van der Waals surface area (Å²) < 4.78 is 0. The predicted molar refractivity (Wildman–Crippen MR) is 33.7 cm³/mol. The zero-order valence-electron chi connectivity index (χ0n) is 4.53. The van der Waals surface area contributed by atoms with Crippen molar-refractivity contribution in [3.8, 4) is 0 Å². The standard InChI is InChI=1S/C4H10S.H3N/c1-3-5-4-2;/h3-4H2,1-2H3;1H3. The van der Waals surface area contributed by atoms with Crippen LogP contribution in [-0.2, 0) is 0 Å². The van der Waals surface area contributed by atoms with Crippen LogP contribution in [0.5, 0.6) is 0 Å². The normalized spacial score (nSPS) is 7.00. The lowest BCUT2D eigenvalue weighted by molar-refractivity contribution is 1.46. The van der Waals surface area contributed by atoms with E-state index >= 15 is 0 Å². The minimum atomic E-state index is 0. The monoisotopic (exact) mass is 107 g/mol. The molecule has 0 saturated heterocycles. The van der Waals surface area contributed by atoms with Crippen LogP contribution in [-0.4, -0.2) is 11.5 Å². The Morgan fingerprint density at radius 2 is 1.50 bits per heavy atom. The highest BCUT2D eigenvalue weighted by Gasteiger charge is 1.67. The molecule has 0 aromatic carbocycles. The van der Waals surface area contributed by atoms with E-state index in [4.69, 9.17) is 0 Å². The van der Waals surface area contributed by atoms with E-state index in [-0.39, 0.29) is 6.15 Å². The Hall–Kier alpha value is 0.310. The van der Waals surface area contributed by atoms with Gasteiger partial charge in [-0.05, 0) is 11.5 Å². The lowest BCUT2D eigenvalue weighted by atomic mass is 11.0. The fourth-order valence-electron chi connectivity index (χ4n) is 0.204. The minimum Gasteiger partial charge on any atom is -0.344 e. The Labute approximate surface area is 44.1 Å². The molecule has 0 amide bonds. The fourth-order valence-corrected chi connectivity index (χ4v) is 0.612. The summed E-state index contributed by atoms with van der Waals surface area (Å²) in [6.45, 7) is 4.35. The van der Waals surface area contributed by atoms with Crippen LogP contribution in [0.25, 0.3) is 0 Å². The molecule has 0 aromatic rings. The number of hydrogen-bond acceptors (Lipinski definition) is 2. The summed E-state index contributed by atoms with van der Waals surface area (Å²) in [7, 11) is 0. The summed E-state index contributed by atoms with van der Waals surface area (Å²) in [5.74, 6) is 2.52. The second-order valence-electron chi connectivity index (χ2n) is 0.781. The summed E-state index contributed by atoms with van der Waals surface area (Å²) in [4.78, 5) is 0. The summed E-state index contributed by atoms with van der Waals surface area (Å²) in [6.07, 6.45) is 0. The minimum absolute atomic E-state index is 0. The molecule has 0 unspecified atom stereocenters. The van der Waals surface area contributed by atoms with E-state index in [0.29, 0.717) is 0 Å². The van der Waals surface area contributed by atoms with Crippen molar-refractivity contribution in [2.24, 2.45) is 0 Å². The van der Waals surface area contributed by atoms with Crippen molar-refractivity contribution in [2.75, 3.05) is 11.5 Å². The molecule has 6 heavy (non-hydrogen) atoms. The highest BCUT2D eigenvalue weighted by atomic mass is 32.2. The molecule has 0 aromatic heterocycles. The van der Waals surface area contributed by atoms with Crippen LogP contribution >= 0.6 is 11.8 Å². The Kier molecular flexibility index (Phi) is 14.4. The van der Waals surface area contributed by atoms with Crippen LogP contribution in [0.1, 0.15) is 13.8 Å². The van der Waals surface area contributed by atoms with Gasteiger partial charge in [-0.1, -0.05) is 13.8 Å². The third-order valence-corrected chi connectivity index (χ3v) is 1.22. The van der Waals surface area contributed by atoms with Crippen molar-refractivity contribution in [3.05, 3.63) is 0 Å². The van der Waals surface area contributed by atoms with Crippen LogP contribution in [0, 0.1) is 0 Å². The summed E-state index contributed by atoms with van der Waals surface area (Å²) in [5, 5.41) is 0. The first kappa shape index (κ1) is 9.58. The Balaban J connectivity index is 0. The Morgan fingerprint density at radius 1 is 1.17 bits per heavy atom. The second kappa shape index (κ2) is 9.00. The van der Waals surface area contributed by atoms with Gasteiger partial charge in [0.25, 0.3) is 0 Å². The van der Waals surface area contributed by atoms with E-state index in [1.54, 1.807) is 0 Å². The second-order valence-corrected chi connectivity index (χ2v) is 2.34. The molecule has 0 atom stereocenters. The van der Waals surface area contributed by atoms with Gasteiger partial charge < -0.3 is 6.15 Å². The SMILES string of the molecule is CCSCC.N. The van der Waals surface area contributed by atoms with Crippen LogP contribution in [0.15, 0.2) is 0 Å². The number of thioether (sulfide) groups is 1. The molecule has 0 heterocycles. The summed E-state index contributed by atoms with van der Waals surface area (Å²) in [6, 6.07) is 0. The third-order valence-electron chi connectivity index (χ3n) is 0.408. The molecule has 2 heteroatoms. The largest absolute Gasteiger partial charge is 0.344 e. The molecule has 0 aliphatic carbocycles. The topological polar surface area (TPSA) is 35.0 Å². The third kappa shape index (κ3) is 8.85. The number of rotatable bonds is 2. The molecule has 0 radical (unpaired) electrons. The lowest BCUT2D eigenvalue weighted by Gasteiger charge is -1.80. The molecule has 0 fully saturated rings. The van der Waals surface area contributed by atoms with E-state index in [1.165, 1.54) is 11.5 Å². The smallest absolute Gasteiger partial charge is 0.00961 e. The van der Waals surface area contributed by atoms with Crippen LogP contribution in [0.2, 0.25) is 0 Å². The van der Waals surface area contributed by atoms with Gasteiger partial charge in [0.05, 0.1) is 0 Å². The van der Waals surface area contributed by atoms with Crippen molar-refractivity contribution >= 4 is 11.8 Å². The van der Waals surface area contributed by atoms with E-state index < -0.39 is 0 Å². The number of hydrogen-bond donors (Lipinski definition) is 1. The lowest BCUT2D eigenvalue weighted by Crippen LogP contribution is -1.64. The molecular weight excluding hydrogens is 94.1 g/mol. The molecule has 0 spiro atoms. The zero-order valence-corrected chi connectivity index (χ0v) is 5.35. The fraction of sp³-hybridized carbons (Fsp3) is 1.00. The molecule has 3 N–H and O–H groups in total. The first-order valence-corrected chi connectivity index (χ1v) is 3.15. The van der Waals surface area contributed by atoms with E-state index in [2.05, 4.69) is 13.8 Å². The van der Waals surface area contributed by atoms with E-state index in [1.807, 2.05) is 11.8 Å². The Bertz CT molecular complexity index is 15.0. The quantitative estimate of drug-likeness (QED) is 0.585. The maximum absolute atomic E-state index is 2.17. The first-order chi connectivity index (χ1) is 2.41. The maximum Gasteiger partial charge on any atom is -0.00961 e. The van der Waals surface area contributed by atoms with Gasteiger partial charge in [0, 0.05) is 0 Å². The predicted octanol–water partition coefficient (Wildman–Crippen LogP) is 1.92. The molecular formula is C4H13NS.